The van der Waals surface area contributed by atoms with Crippen LogP contribution >= 0.6 is 12.2 Å². The molecule has 0 spiro atoms. The molecule has 1 heterocycles. The van der Waals surface area contributed by atoms with Crippen LogP contribution in [0, 0.1) is 0 Å². The number of likely N-dealkylation sites (tertiary alicyclic amines) is 1. The molecular weight excluding hydrogens is 282 g/mol. The minimum Gasteiger partial charge on any atom is -0.496 e. The van der Waals surface area contributed by atoms with Gasteiger partial charge in [0.25, 0.3) is 0 Å². The zero-order chi connectivity index (χ0) is 15.4. The Morgan fingerprint density at radius 1 is 1.52 bits per heavy atom. The van der Waals surface area contributed by atoms with Gasteiger partial charge in [0.15, 0.2) is 0 Å². The van der Waals surface area contributed by atoms with E-state index in [-0.39, 0.29) is 0 Å². The first-order valence-corrected chi connectivity index (χ1v) is 7.77. The molecule has 0 bridgehead atoms. The number of nitrogens with two attached hydrogens (primary N) is 1. The normalized spacial score (nSPS) is 19.1. The number of rotatable bonds is 6. The number of nitrogens with zero attached hydrogens (tertiary/aromatic N) is 2. The summed E-state index contributed by atoms with van der Waals surface area (Å²) in [7, 11) is 6.06. The molecule has 1 aromatic carbocycles. The van der Waals surface area contributed by atoms with E-state index in [0.29, 0.717) is 11.0 Å². The molecule has 2 rings (SSSR count). The molecule has 4 nitrogen and oxygen atoms in total. The molecule has 116 valence electrons. The Hall–Kier alpha value is -1.17. The molecule has 1 atom stereocenters. The third-order valence-corrected chi connectivity index (χ3v) is 4.43. The predicted molar refractivity (Wildman–Crippen MR) is 90.9 cm³/mol. The van der Waals surface area contributed by atoms with Gasteiger partial charge in [-0.25, -0.2) is 0 Å². The Morgan fingerprint density at radius 3 is 2.86 bits per heavy atom. The van der Waals surface area contributed by atoms with Gasteiger partial charge in [0.2, 0.25) is 0 Å². The number of thiocarbonyl (C=S) groups is 1. The van der Waals surface area contributed by atoms with Crippen LogP contribution < -0.4 is 10.5 Å². The van der Waals surface area contributed by atoms with Crippen molar-refractivity contribution in [1.29, 1.82) is 0 Å². The van der Waals surface area contributed by atoms with E-state index in [9.17, 15) is 0 Å². The predicted octanol–water partition coefficient (Wildman–Crippen LogP) is 1.86. The molecule has 0 aliphatic carbocycles. The third kappa shape index (κ3) is 4.15. The molecule has 0 saturated carbocycles. The summed E-state index contributed by atoms with van der Waals surface area (Å²) in [6.45, 7) is 3.11. The number of hydrogen-bond acceptors (Lipinski definition) is 4. The minimum absolute atomic E-state index is 0.428. The first-order valence-electron chi connectivity index (χ1n) is 7.36. The van der Waals surface area contributed by atoms with Gasteiger partial charge in [-0.05, 0) is 51.7 Å². The van der Waals surface area contributed by atoms with E-state index in [1.807, 2.05) is 18.2 Å². The van der Waals surface area contributed by atoms with E-state index < -0.39 is 0 Å². The molecule has 21 heavy (non-hydrogen) atoms. The zero-order valence-electron chi connectivity index (χ0n) is 13.1. The lowest BCUT2D eigenvalue weighted by molar-refractivity contribution is 0.214. The van der Waals surface area contributed by atoms with Crippen molar-refractivity contribution in [2.75, 3.05) is 34.3 Å². The topological polar surface area (TPSA) is 41.7 Å². The molecule has 1 aliphatic rings. The van der Waals surface area contributed by atoms with Crippen LogP contribution in [0.15, 0.2) is 18.2 Å². The van der Waals surface area contributed by atoms with Crippen LogP contribution in [0.3, 0.4) is 0 Å². The first-order chi connectivity index (χ1) is 10.0. The average molecular weight is 307 g/mol. The minimum atomic E-state index is 0.428. The highest BCUT2D eigenvalue weighted by Gasteiger charge is 2.22. The van der Waals surface area contributed by atoms with Gasteiger partial charge in [0.05, 0.1) is 7.11 Å². The van der Waals surface area contributed by atoms with Crippen molar-refractivity contribution in [3.8, 4) is 5.75 Å². The molecular formula is C16H25N3OS. The molecule has 5 heteroatoms. The highest BCUT2D eigenvalue weighted by atomic mass is 32.1. The second-order valence-corrected chi connectivity index (χ2v) is 6.30. The van der Waals surface area contributed by atoms with Crippen LogP contribution in [0.4, 0.5) is 0 Å². The Labute approximate surface area is 132 Å². The molecule has 0 radical (unpaired) electrons. The average Bonchev–Trinajstić information content (AvgIpc) is 2.84. The number of ether oxygens (including phenoxy) is 1. The molecule has 0 aromatic heterocycles. The van der Waals surface area contributed by atoms with Gasteiger partial charge in [0, 0.05) is 30.3 Å². The molecule has 1 saturated heterocycles. The number of hydrogen-bond donors (Lipinski definition) is 1. The molecule has 1 aromatic rings. The van der Waals surface area contributed by atoms with E-state index in [1.165, 1.54) is 19.4 Å². The van der Waals surface area contributed by atoms with Gasteiger partial charge in [-0.2, -0.15) is 0 Å². The maximum absolute atomic E-state index is 5.73. The van der Waals surface area contributed by atoms with Crippen molar-refractivity contribution >= 4 is 17.2 Å². The van der Waals surface area contributed by atoms with Crippen molar-refractivity contribution in [2.24, 2.45) is 5.73 Å². The lowest BCUT2D eigenvalue weighted by atomic mass is 10.1. The number of methoxy groups -OCH3 is 1. The summed E-state index contributed by atoms with van der Waals surface area (Å²) >= 11 is 5.06. The SMILES string of the molecule is COc1ccc(C(N)=S)cc1CN(C)CC1CCCN1C. The Balaban J connectivity index is 2.06. The largest absolute Gasteiger partial charge is 0.496 e. The Kier molecular flexibility index (Phi) is 5.56. The highest BCUT2D eigenvalue weighted by Crippen LogP contribution is 2.22. The van der Waals surface area contributed by atoms with E-state index >= 15 is 0 Å². The van der Waals surface area contributed by atoms with Crippen molar-refractivity contribution in [2.45, 2.75) is 25.4 Å². The third-order valence-electron chi connectivity index (χ3n) is 4.20. The fraction of sp³-hybridized carbons (Fsp3) is 0.562. The van der Waals surface area contributed by atoms with Gasteiger partial charge < -0.3 is 20.3 Å². The van der Waals surface area contributed by atoms with Crippen LogP contribution in [0.2, 0.25) is 0 Å². The second-order valence-electron chi connectivity index (χ2n) is 5.86. The van der Waals surface area contributed by atoms with E-state index in [1.54, 1.807) is 7.11 Å². The van der Waals surface area contributed by atoms with Crippen LogP contribution in [0.25, 0.3) is 0 Å². The number of benzene rings is 1. The van der Waals surface area contributed by atoms with Crippen LogP contribution in [-0.2, 0) is 6.54 Å². The summed E-state index contributed by atoms with van der Waals surface area (Å²) in [5.74, 6) is 0.890. The standard InChI is InChI=1S/C16H25N3OS/c1-18(11-14-5-4-8-19(14)2)10-13-9-12(16(17)21)6-7-15(13)20-3/h6-7,9,14H,4-5,8,10-11H2,1-3H3,(H2,17,21). The van der Waals surface area contributed by atoms with Crippen LogP contribution in [0.5, 0.6) is 5.75 Å². The fourth-order valence-corrected chi connectivity index (χ4v) is 3.11. The molecule has 1 unspecified atom stereocenters. The summed E-state index contributed by atoms with van der Waals surface area (Å²) in [4.78, 5) is 5.21. The summed E-state index contributed by atoms with van der Waals surface area (Å²) < 4.78 is 5.45. The first kappa shape index (κ1) is 16.2. The monoisotopic (exact) mass is 307 g/mol. The maximum Gasteiger partial charge on any atom is 0.123 e. The Bertz CT molecular complexity index is 506. The summed E-state index contributed by atoms with van der Waals surface area (Å²) in [5, 5.41) is 0. The van der Waals surface area contributed by atoms with Crippen LogP contribution in [0.1, 0.15) is 24.0 Å². The zero-order valence-corrected chi connectivity index (χ0v) is 13.9. The fourth-order valence-electron chi connectivity index (χ4n) is 2.98. The Morgan fingerprint density at radius 2 is 2.29 bits per heavy atom. The lowest BCUT2D eigenvalue weighted by Crippen LogP contribution is -2.36. The molecule has 2 N–H and O–H groups in total. The van der Waals surface area contributed by atoms with Crippen molar-refractivity contribution in [1.82, 2.24) is 9.80 Å². The summed E-state index contributed by atoms with van der Waals surface area (Å²) in [6, 6.07) is 6.55. The molecule has 1 aliphatic heterocycles. The quantitative estimate of drug-likeness (QED) is 0.813. The maximum atomic E-state index is 5.73. The van der Waals surface area contributed by atoms with E-state index in [4.69, 9.17) is 22.7 Å². The van der Waals surface area contributed by atoms with Gasteiger partial charge in [-0.15, -0.1) is 0 Å². The van der Waals surface area contributed by atoms with Crippen LogP contribution in [-0.4, -0.2) is 55.1 Å². The van der Waals surface area contributed by atoms with E-state index in [0.717, 1.165) is 30.0 Å². The van der Waals surface area contributed by atoms with Gasteiger partial charge in [-0.3, -0.25) is 0 Å². The van der Waals surface area contributed by atoms with Gasteiger partial charge in [0.1, 0.15) is 10.7 Å². The lowest BCUT2D eigenvalue weighted by Gasteiger charge is -2.26. The van der Waals surface area contributed by atoms with Gasteiger partial charge in [-0.1, -0.05) is 12.2 Å². The van der Waals surface area contributed by atoms with Gasteiger partial charge >= 0.3 is 0 Å². The van der Waals surface area contributed by atoms with Crippen molar-refractivity contribution in [3.05, 3.63) is 29.3 Å². The molecule has 1 fully saturated rings. The van der Waals surface area contributed by atoms with E-state index in [2.05, 4.69) is 23.9 Å². The van der Waals surface area contributed by atoms with Crippen molar-refractivity contribution < 1.29 is 4.74 Å². The molecule has 0 amide bonds. The van der Waals surface area contributed by atoms with Crippen molar-refractivity contribution in [3.63, 3.8) is 0 Å². The second kappa shape index (κ2) is 7.20. The number of likely N-dealkylation sites (N-methyl/N-ethyl adjacent to an activating group) is 2. The summed E-state index contributed by atoms with van der Waals surface area (Å²) in [5.41, 5.74) is 7.75. The highest BCUT2D eigenvalue weighted by molar-refractivity contribution is 7.80. The smallest absolute Gasteiger partial charge is 0.123 e. The summed E-state index contributed by atoms with van der Waals surface area (Å²) in [6.07, 6.45) is 2.58.